The van der Waals surface area contributed by atoms with E-state index in [9.17, 15) is 4.79 Å². The summed E-state index contributed by atoms with van der Waals surface area (Å²) in [7, 11) is -1.02. The summed E-state index contributed by atoms with van der Waals surface area (Å²) in [5.74, 6) is -0.753. The molecule has 0 aromatic heterocycles. The molecule has 0 spiro atoms. The number of benzene rings is 3. The maximum atomic E-state index is 13.1. The van der Waals surface area contributed by atoms with Crippen molar-refractivity contribution in [2.45, 2.75) is 12.8 Å². The molecule has 0 aliphatic carbocycles. The molecule has 3 aromatic rings. The molecule has 5 heteroatoms. The number of para-hydroxylation sites is 2. The Kier molecular flexibility index (Phi) is 6.69. The van der Waals surface area contributed by atoms with E-state index in [1.165, 1.54) is 0 Å². The lowest BCUT2D eigenvalue weighted by molar-refractivity contribution is -0.143. The SMILES string of the molecule is C=C(C(C(=O)OCC)c1ccccc1)P1N(c2ccccc2)CCN1c1ccccc1. The van der Waals surface area contributed by atoms with Crippen LogP contribution in [0.15, 0.2) is 103 Å². The van der Waals surface area contributed by atoms with Crippen molar-refractivity contribution in [2.24, 2.45) is 0 Å². The Bertz CT molecular complexity index is 964. The van der Waals surface area contributed by atoms with Crippen molar-refractivity contribution in [1.29, 1.82) is 0 Å². The summed E-state index contributed by atoms with van der Waals surface area (Å²) in [4.78, 5) is 13.1. The van der Waals surface area contributed by atoms with Gasteiger partial charge in [0.15, 0.2) is 0 Å². The summed E-state index contributed by atoms with van der Waals surface area (Å²) >= 11 is 0. The molecule has 4 rings (SSSR count). The third-order valence-electron chi connectivity index (χ3n) is 5.33. The van der Waals surface area contributed by atoms with E-state index in [1.54, 1.807) is 0 Å². The number of esters is 1. The van der Waals surface area contributed by atoms with Gasteiger partial charge in [-0.2, -0.15) is 0 Å². The predicted octanol–water partition coefficient (Wildman–Crippen LogP) is 6.19. The second-order valence-electron chi connectivity index (χ2n) is 7.29. The summed E-state index contributed by atoms with van der Waals surface area (Å²) in [6, 6.07) is 30.6. The molecule has 1 aliphatic heterocycles. The molecular weight excluding hydrogens is 403 g/mol. The van der Waals surface area contributed by atoms with Crippen LogP contribution in [0.5, 0.6) is 0 Å². The zero-order valence-electron chi connectivity index (χ0n) is 17.7. The molecule has 0 bridgehead atoms. The molecule has 1 atom stereocenters. The fourth-order valence-corrected chi connectivity index (χ4v) is 6.58. The molecule has 4 nitrogen and oxygen atoms in total. The minimum atomic E-state index is -1.02. The van der Waals surface area contributed by atoms with Crippen LogP contribution >= 0.6 is 8.22 Å². The number of hydrogen-bond acceptors (Lipinski definition) is 4. The van der Waals surface area contributed by atoms with Gasteiger partial charge in [-0.15, -0.1) is 0 Å². The topological polar surface area (TPSA) is 32.8 Å². The van der Waals surface area contributed by atoms with Crippen LogP contribution in [0.25, 0.3) is 0 Å². The van der Waals surface area contributed by atoms with Gasteiger partial charge in [0, 0.05) is 29.8 Å². The van der Waals surface area contributed by atoms with Gasteiger partial charge in [0.05, 0.1) is 6.61 Å². The van der Waals surface area contributed by atoms with Crippen LogP contribution in [-0.2, 0) is 9.53 Å². The Morgan fingerprint density at radius 1 is 0.871 bits per heavy atom. The second kappa shape index (κ2) is 9.80. The Morgan fingerprint density at radius 3 is 1.77 bits per heavy atom. The van der Waals surface area contributed by atoms with Crippen molar-refractivity contribution in [3.05, 3.63) is 108 Å². The Balaban J connectivity index is 1.77. The van der Waals surface area contributed by atoms with E-state index < -0.39 is 14.1 Å². The lowest BCUT2D eigenvalue weighted by atomic mass is 9.99. The summed E-state index contributed by atoms with van der Waals surface area (Å²) in [6.07, 6.45) is 0. The van der Waals surface area contributed by atoms with Crippen molar-refractivity contribution >= 4 is 25.6 Å². The highest BCUT2D eigenvalue weighted by atomic mass is 31.1. The average molecular weight is 430 g/mol. The first kappa shape index (κ1) is 21.1. The Morgan fingerprint density at radius 2 is 1.32 bits per heavy atom. The molecule has 158 valence electrons. The quantitative estimate of drug-likeness (QED) is 0.331. The first-order chi connectivity index (χ1) is 15.2. The second-order valence-corrected chi connectivity index (χ2v) is 9.41. The van der Waals surface area contributed by atoms with Gasteiger partial charge in [-0.3, -0.25) is 4.79 Å². The van der Waals surface area contributed by atoms with Crippen molar-refractivity contribution in [2.75, 3.05) is 29.0 Å². The lowest BCUT2D eigenvalue weighted by Gasteiger charge is -2.35. The molecule has 1 saturated heterocycles. The predicted molar refractivity (Wildman–Crippen MR) is 129 cm³/mol. The van der Waals surface area contributed by atoms with E-state index in [4.69, 9.17) is 4.74 Å². The third-order valence-corrected chi connectivity index (χ3v) is 7.88. The van der Waals surface area contributed by atoms with Crippen LogP contribution in [0.4, 0.5) is 11.4 Å². The van der Waals surface area contributed by atoms with Crippen molar-refractivity contribution in [3.8, 4) is 0 Å². The van der Waals surface area contributed by atoms with Crippen LogP contribution in [0, 0.1) is 0 Å². The van der Waals surface area contributed by atoms with Gasteiger partial charge in [0.2, 0.25) is 0 Å². The van der Waals surface area contributed by atoms with E-state index in [2.05, 4.69) is 64.5 Å². The van der Waals surface area contributed by atoms with Gasteiger partial charge in [0.25, 0.3) is 0 Å². The highest BCUT2D eigenvalue weighted by Gasteiger charge is 2.40. The van der Waals surface area contributed by atoms with E-state index in [1.807, 2.05) is 49.4 Å². The van der Waals surface area contributed by atoms with Gasteiger partial charge >= 0.3 is 5.97 Å². The first-order valence-corrected chi connectivity index (χ1v) is 11.8. The minimum Gasteiger partial charge on any atom is -0.465 e. The van der Waals surface area contributed by atoms with Crippen LogP contribution in [0.2, 0.25) is 0 Å². The number of ether oxygens (including phenoxy) is 1. The number of carbonyl (C=O) groups is 1. The zero-order valence-corrected chi connectivity index (χ0v) is 18.6. The molecule has 0 radical (unpaired) electrons. The van der Waals surface area contributed by atoms with Gasteiger partial charge < -0.3 is 14.1 Å². The monoisotopic (exact) mass is 430 g/mol. The van der Waals surface area contributed by atoms with E-state index in [-0.39, 0.29) is 5.97 Å². The molecule has 0 saturated carbocycles. The van der Waals surface area contributed by atoms with Gasteiger partial charge in [-0.05, 0) is 36.8 Å². The largest absolute Gasteiger partial charge is 0.465 e. The van der Waals surface area contributed by atoms with Crippen LogP contribution in [0.3, 0.4) is 0 Å². The fraction of sp³-hybridized carbons (Fsp3) is 0.192. The first-order valence-electron chi connectivity index (χ1n) is 10.6. The number of carbonyl (C=O) groups excluding carboxylic acids is 1. The van der Waals surface area contributed by atoms with Crippen molar-refractivity contribution < 1.29 is 9.53 Å². The van der Waals surface area contributed by atoms with Crippen molar-refractivity contribution in [3.63, 3.8) is 0 Å². The smallest absolute Gasteiger partial charge is 0.318 e. The number of rotatable bonds is 7. The Labute approximate surface area is 185 Å². The number of nitrogens with zero attached hydrogens (tertiary/aromatic N) is 2. The molecule has 1 unspecified atom stereocenters. The standard InChI is InChI=1S/C26H27N2O2P/c1-3-30-26(29)25(22-13-7-4-8-14-22)21(2)31-27(23-15-9-5-10-16-23)19-20-28(31)24-17-11-6-12-18-24/h4-18,25H,2-3,19-20H2,1H3. The maximum absolute atomic E-state index is 13.1. The molecule has 1 fully saturated rings. The van der Waals surface area contributed by atoms with Crippen LogP contribution in [0.1, 0.15) is 18.4 Å². The summed E-state index contributed by atoms with van der Waals surface area (Å²) < 4.78 is 10.3. The molecule has 1 aliphatic rings. The molecule has 3 aromatic carbocycles. The maximum Gasteiger partial charge on any atom is 0.318 e. The normalized spacial score (nSPS) is 15.0. The molecular formula is C26H27N2O2P. The van der Waals surface area contributed by atoms with E-state index >= 15 is 0 Å². The minimum absolute atomic E-state index is 0.242. The summed E-state index contributed by atoms with van der Waals surface area (Å²) in [5, 5.41) is 0.879. The highest BCUT2D eigenvalue weighted by Crippen LogP contribution is 2.61. The lowest BCUT2D eigenvalue weighted by Crippen LogP contribution is -2.23. The van der Waals surface area contributed by atoms with Crippen LogP contribution in [-0.4, -0.2) is 25.7 Å². The molecule has 0 amide bonds. The Hall–Kier alpha value is -3.10. The summed E-state index contributed by atoms with van der Waals surface area (Å²) in [5.41, 5.74) is 3.20. The number of anilines is 2. The molecule has 0 N–H and O–H groups in total. The molecule has 1 heterocycles. The van der Waals surface area contributed by atoms with Gasteiger partial charge in [-0.25, -0.2) is 0 Å². The van der Waals surface area contributed by atoms with Gasteiger partial charge in [0.1, 0.15) is 14.1 Å². The zero-order chi connectivity index (χ0) is 21.6. The highest BCUT2D eigenvalue weighted by molar-refractivity contribution is 7.65. The van der Waals surface area contributed by atoms with Crippen LogP contribution < -0.4 is 9.34 Å². The number of hydrogen-bond donors (Lipinski definition) is 0. The third kappa shape index (κ3) is 4.50. The van der Waals surface area contributed by atoms with Gasteiger partial charge in [-0.1, -0.05) is 73.3 Å². The fourth-order valence-electron chi connectivity index (χ4n) is 3.95. The molecule has 31 heavy (non-hydrogen) atoms. The van der Waals surface area contributed by atoms with Crippen molar-refractivity contribution in [1.82, 2.24) is 0 Å². The van der Waals surface area contributed by atoms with E-state index in [0.29, 0.717) is 6.61 Å². The average Bonchev–Trinajstić information content (AvgIpc) is 3.26. The van der Waals surface area contributed by atoms with E-state index in [0.717, 1.165) is 35.3 Å². The summed E-state index contributed by atoms with van der Waals surface area (Å²) in [6.45, 7) is 8.44.